The predicted octanol–water partition coefficient (Wildman–Crippen LogP) is 2.63. The van der Waals surface area contributed by atoms with Crippen molar-refractivity contribution in [2.75, 3.05) is 6.16 Å². The van der Waals surface area contributed by atoms with E-state index >= 15 is 0 Å². The van der Waals surface area contributed by atoms with E-state index in [4.69, 9.17) is 36.7 Å². The van der Waals surface area contributed by atoms with Crippen molar-refractivity contribution in [1.29, 1.82) is 0 Å². The van der Waals surface area contributed by atoms with Crippen LogP contribution in [0.1, 0.15) is 5.56 Å². The second-order valence-electron chi connectivity index (χ2n) is 2.57. The summed E-state index contributed by atoms with van der Waals surface area (Å²) in [5.74, 6) is 0. The molecule has 12 heavy (non-hydrogen) atoms. The summed E-state index contributed by atoms with van der Waals surface area (Å²) in [6.45, 7) is 0. The fourth-order valence-corrected chi connectivity index (χ4v) is 2.26. The van der Waals surface area contributed by atoms with Crippen LogP contribution in [0.15, 0.2) is 30.3 Å². The van der Waals surface area contributed by atoms with Crippen LogP contribution in [-0.2, 0) is 43.2 Å². The first-order chi connectivity index (χ1) is 5.58. The predicted molar refractivity (Wildman–Crippen MR) is 64.0 cm³/mol. The van der Waals surface area contributed by atoms with Crippen LogP contribution in [-0.4, -0.2) is 6.16 Å². The highest BCUT2D eigenvalue weighted by Crippen LogP contribution is 2.51. The standard InChI is InChI=1S/C8H11PS3/c10-9(11,12)7-6-8-4-2-1-3-5-8/h1-5H,6-7H2,(H2,10,11,12)/p-2. The number of aryl methyl sites for hydroxylation is 1. The van der Waals surface area contributed by atoms with Crippen molar-refractivity contribution in [2.24, 2.45) is 0 Å². The van der Waals surface area contributed by atoms with Gasteiger partial charge in [-0.05, 0) is 5.56 Å². The van der Waals surface area contributed by atoms with Gasteiger partial charge in [-0.3, -0.25) is 0 Å². The first-order valence-corrected chi connectivity index (χ1v) is 8.64. The van der Waals surface area contributed by atoms with Crippen molar-refractivity contribution < 1.29 is 0 Å². The first-order valence-electron chi connectivity index (χ1n) is 3.63. The zero-order chi connectivity index (χ0) is 9.03. The molecule has 0 fully saturated rings. The van der Waals surface area contributed by atoms with Gasteiger partial charge < -0.3 is 41.6 Å². The van der Waals surface area contributed by atoms with Crippen LogP contribution >= 0.6 is 4.87 Å². The van der Waals surface area contributed by atoms with Gasteiger partial charge >= 0.3 is 0 Å². The normalized spacial score (nSPS) is 11.6. The molecular formula is C8H9PS3-2. The lowest BCUT2D eigenvalue weighted by Gasteiger charge is -2.48. The highest BCUT2D eigenvalue weighted by atomic mass is 33.4. The van der Waals surface area contributed by atoms with Crippen molar-refractivity contribution in [3.63, 3.8) is 0 Å². The van der Waals surface area contributed by atoms with Gasteiger partial charge in [0.05, 0.1) is 0 Å². The van der Waals surface area contributed by atoms with E-state index in [1.165, 1.54) is 5.56 Å². The van der Waals surface area contributed by atoms with Crippen LogP contribution in [0.25, 0.3) is 0 Å². The Hall–Kier alpha value is 0.700. The van der Waals surface area contributed by atoms with Crippen molar-refractivity contribution in [1.82, 2.24) is 0 Å². The maximum atomic E-state index is 5.02. The summed E-state index contributed by atoms with van der Waals surface area (Å²) in [5, 5.41) is 0. The summed E-state index contributed by atoms with van der Waals surface area (Å²) in [6, 6.07) is 10.2. The smallest absolute Gasteiger partial charge is 0.00468 e. The zero-order valence-electron chi connectivity index (χ0n) is 6.47. The molecule has 0 heterocycles. The van der Waals surface area contributed by atoms with Crippen molar-refractivity contribution in [3.05, 3.63) is 35.9 Å². The third-order valence-electron chi connectivity index (χ3n) is 1.52. The highest BCUT2D eigenvalue weighted by molar-refractivity contribution is 8.96. The van der Waals surface area contributed by atoms with Crippen LogP contribution in [0, 0.1) is 0 Å². The molecule has 0 nitrogen and oxygen atoms in total. The number of hydrogen-bond acceptors (Lipinski definition) is 3. The van der Waals surface area contributed by atoms with Gasteiger partial charge in [0.25, 0.3) is 0 Å². The minimum Gasteiger partial charge on any atom is -0.601 e. The largest absolute Gasteiger partial charge is 0.601 e. The van der Waals surface area contributed by atoms with E-state index in [1.807, 2.05) is 18.2 Å². The van der Waals surface area contributed by atoms with E-state index in [9.17, 15) is 0 Å². The molecule has 1 aromatic rings. The Bertz CT molecular complexity index is 230. The molecule has 0 N–H and O–H groups in total. The fourth-order valence-electron chi connectivity index (χ4n) is 0.911. The molecule has 4 heteroatoms. The molecular weight excluding hydrogens is 223 g/mol. The van der Waals surface area contributed by atoms with Gasteiger partial charge in [0.2, 0.25) is 0 Å². The van der Waals surface area contributed by atoms with Crippen molar-refractivity contribution >= 4 is 41.6 Å². The van der Waals surface area contributed by atoms with Crippen LogP contribution in [0.4, 0.5) is 0 Å². The summed E-state index contributed by atoms with van der Waals surface area (Å²) in [5.41, 5.74) is 1.28. The van der Waals surface area contributed by atoms with Gasteiger partial charge in [0, 0.05) is 12.6 Å². The minimum absolute atomic E-state index is 0.816. The van der Waals surface area contributed by atoms with Gasteiger partial charge in [-0.1, -0.05) is 30.3 Å². The van der Waals surface area contributed by atoms with E-state index < -0.39 is 4.87 Å². The molecule has 1 aromatic carbocycles. The second-order valence-corrected chi connectivity index (χ2v) is 11.9. The first kappa shape index (κ1) is 10.8. The monoisotopic (exact) mass is 232 g/mol. The Morgan fingerprint density at radius 3 is 2.08 bits per heavy atom. The molecule has 66 valence electrons. The van der Waals surface area contributed by atoms with Gasteiger partial charge in [-0.15, -0.1) is 0 Å². The van der Waals surface area contributed by atoms with E-state index in [0.29, 0.717) is 0 Å². The average molecular weight is 232 g/mol. The fraction of sp³-hybridized carbons (Fsp3) is 0.250. The summed E-state index contributed by atoms with van der Waals surface area (Å²) < 4.78 is 0. The van der Waals surface area contributed by atoms with Crippen molar-refractivity contribution in [2.45, 2.75) is 6.42 Å². The summed E-state index contributed by atoms with van der Waals surface area (Å²) in [4.78, 5) is -1.83. The minimum atomic E-state index is -1.83. The maximum absolute atomic E-state index is 5.02. The Labute approximate surface area is 90.0 Å². The molecule has 0 radical (unpaired) electrons. The molecule has 0 unspecified atom stereocenters. The van der Waals surface area contributed by atoms with E-state index in [-0.39, 0.29) is 0 Å². The molecule has 0 saturated heterocycles. The molecule has 0 bridgehead atoms. The lowest BCUT2D eigenvalue weighted by atomic mass is 10.2. The van der Waals surface area contributed by atoms with Crippen molar-refractivity contribution in [3.8, 4) is 0 Å². The Morgan fingerprint density at radius 1 is 1.00 bits per heavy atom. The third kappa shape index (κ3) is 4.66. The zero-order valence-corrected chi connectivity index (χ0v) is 9.82. The molecule has 0 aliphatic heterocycles. The summed E-state index contributed by atoms with van der Waals surface area (Å²) in [6.07, 6.45) is 1.75. The SMILES string of the molecule is [S-][P+]([S-])([S-])CCc1ccccc1. The maximum Gasteiger partial charge on any atom is 0.00468 e. The third-order valence-corrected chi connectivity index (χ3v) is 3.93. The molecule has 0 aliphatic rings. The van der Waals surface area contributed by atoms with Gasteiger partial charge in [-0.2, -0.15) is 0 Å². The molecule has 1 rings (SSSR count). The topological polar surface area (TPSA) is 0 Å². The molecule has 0 atom stereocenters. The summed E-state index contributed by atoms with van der Waals surface area (Å²) >= 11 is 15.1. The van der Waals surface area contributed by atoms with Crippen LogP contribution in [0.5, 0.6) is 0 Å². The summed E-state index contributed by atoms with van der Waals surface area (Å²) in [7, 11) is 0. The van der Waals surface area contributed by atoms with Crippen LogP contribution in [0.2, 0.25) is 0 Å². The molecule has 0 amide bonds. The number of rotatable bonds is 3. The molecule has 0 saturated carbocycles. The molecule has 0 spiro atoms. The Kier molecular flexibility index (Phi) is 4.31. The Balaban J connectivity index is 2.44. The highest BCUT2D eigenvalue weighted by Gasteiger charge is 1.93. The molecule has 0 aromatic heterocycles. The lowest BCUT2D eigenvalue weighted by molar-refractivity contribution is 1.16. The average Bonchev–Trinajstić information content (AvgIpc) is 2.02. The van der Waals surface area contributed by atoms with E-state index in [0.717, 1.165) is 12.6 Å². The Morgan fingerprint density at radius 2 is 1.58 bits per heavy atom. The quantitative estimate of drug-likeness (QED) is 0.581. The van der Waals surface area contributed by atoms with Gasteiger partial charge in [-0.25, -0.2) is 0 Å². The van der Waals surface area contributed by atoms with Crippen LogP contribution < -0.4 is 0 Å². The number of benzene rings is 1. The van der Waals surface area contributed by atoms with Gasteiger partial charge in [0.1, 0.15) is 0 Å². The second kappa shape index (κ2) is 4.80. The van der Waals surface area contributed by atoms with E-state index in [1.54, 1.807) is 0 Å². The van der Waals surface area contributed by atoms with Crippen LogP contribution in [0.3, 0.4) is 0 Å². The van der Waals surface area contributed by atoms with Gasteiger partial charge in [0.15, 0.2) is 0 Å². The van der Waals surface area contributed by atoms with E-state index in [2.05, 4.69) is 12.1 Å². The molecule has 0 aliphatic carbocycles. The lowest BCUT2D eigenvalue weighted by Crippen LogP contribution is -1.93. The number of hydrogen-bond donors (Lipinski definition) is 0.